The number of ether oxygens (including phenoxy) is 1. The molecule has 0 aromatic heterocycles. The Morgan fingerprint density at radius 1 is 1.11 bits per heavy atom. The molecular formula is C18H15ClN3O5-. The van der Waals surface area contributed by atoms with Crippen molar-refractivity contribution >= 4 is 35.6 Å². The van der Waals surface area contributed by atoms with E-state index in [1.165, 1.54) is 18.3 Å². The van der Waals surface area contributed by atoms with Gasteiger partial charge in [0.1, 0.15) is 12.4 Å². The van der Waals surface area contributed by atoms with Crippen LogP contribution in [0.2, 0.25) is 5.02 Å². The summed E-state index contributed by atoms with van der Waals surface area (Å²) in [6.07, 6.45) is 1.27. The second kappa shape index (κ2) is 9.93. The number of hydrogen-bond donors (Lipinski definition) is 2. The third-order valence-corrected chi connectivity index (χ3v) is 3.48. The van der Waals surface area contributed by atoms with Gasteiger partial charge in [0, 0.05) is 6.54 Å². The van der Waals surface area contributed by atoms with Crippen molar-refractivity contribution in [1.82, 2.24) is 10.7 Å². The van der Waals surface area contributed by atoms with Crippen molar-refractivity contribution in [3.63, 3.8) is 0 Å². The summed E-state index contributed by atoms with van der Waals surface area (Å²) in [6, 6.07) is 13.6. The molecule has 140 valence electrons. The number of carbonyl (C=O) groups is 3. The minimum Gasteiger partial charge on any atom is -0.546 e. The Kier molecular flexibility index (Phi) is 7.33. The summed E-state index contributed by atoms with van der Waals surface area (Å²) in [5.74, 6) is -2.94. The van der Waals surface area contributed by atoms with Crippen LogP contribution in [0.25, 0.3) is 0 Å². The van der Waals surface area contributed by atoms with Gasteiger partial charge in [-0.3, -0.25) is 9.59 Å². The highest BCUT2D eigenvalue weighted by molar-refractivity contribution is 6.35. The SMILES string of the molecule is O=C([O-])COc1ccc(/C=N\NC(=O)C(=O)NCc2ccccc2)cc1Cl. The number of halogens is 1. The quantitative estimate of drug-likeness (QED) is 0.400. The highest BCUT2D eigenvalue weighted by atomic mass is 35.5. The van der Waals surface area contributed by atoms with Gasteiger partial charge in [-0.25, -0.2) is 5.43 Å². The zero-order valence-corrected chi connectivity index (χ0v) is 14.7. The molecule has 0 aliphatic carbocycles. The fourth-order valence-electron chi connectivity index (χ4n) is 1.93. The van der Waals surface area contributed by atoms with Gasteiger partial charge in [0.2, 0.25) is 0 Å². The Morgan fingerprint density at radius 3 is 2.52 bits per heavy atom. The summed E-state index contributed by atoms with van der Waals surface area (Å²) in [6.45, 7) is -0.402. The van der Waals surface area contributed by atoms with Gasteiger partial charge in [-0.2, -0.15) is 5.10 Å². The average molecular weight is 389 g/mol. The number of rotatable bonds is 7. The first kappa shape index (κ1) is 19.9. The summed E-state index contributed by atoms with van der Waals surface area (Å²) in [7, 11) is 0. The number of carbonyl (C=O) groups excluding carboxylic acids is 3. The van der Waals surface area contributed by atoms with E-state index in [1.807, 2.05) is 30.3 Å². The molecule has 0 aliphatic rings. The Morgan fingerprint density at radius 2 is 1.85 bits per heavy atom. The molecule has 0 aliphatic heterocycles. The summed E-state index contributed by atoms with van der Waals surface area (Å²) >= 11 is 5.95. The van der Waals surface area contributed by atoms with E-state index in [0.717, 1.165) is 5.56 Å². The van der Waals surface area contributed by atoms with Crippen LogP contribution in [0.1, 0.15) is 11.1 Å². The fourth-order valence-corrected chi connectivity index (χ4v) is 2.17. The molecule has 27 heavy (non-hydrogen) atoms. The van der Waals surface area contributed by atoms with Crippen LogP contribution in [0.5, 0.6) is 5.75 Å². The van der Waals surface area contributed by atoms with Crippen molar-refractivity contribution in [2.45, 2.75) is 6.54 Å². The predicted octanol–water partition coefficient (Wildman–Crippen LogP) is 0.235. The lowest BCUT2D eigenvalue weighted by Crippen LogP contribution is -2.37. The monoisotopic (exact) mass is 388 g/mol. The normalized spacial score (nSPS) is 10.4. The molecule has 0 spiro atoms. The molecule has 0 atom stereocenters. The number of carboxylic acids is 1. The van der Waals surface area contributed by atoms with E-state index < -0.39 is 24.4 Å². The highest BCUT2D eigenvalue weighted by Gasteiger charge is 2.11. The number of amides is 2. The predicted molar refractivity (Wildman–Crippen MR) is 96.0 cm³/mol. The highest BCUT2D eigenvalue weighted by Crippen LogP contribution is 2.24. The van der Waals surface area contributed by atoms with E-state index in [4.69, 9.17) is 16.3 Å². The third-order valence-electron chi connectivity index (χ3n) is 3.18. The van der Waals surface area contributed by atoms with Crippen LogP contribution >= 0.6 is 11.6 Å². The molecule has 0 radical (unpaired) electrons. The van der Waals surface area contributed by atoms with Crippen molar-refractivity contribution in [2.75, 3.05) is 6.61 Å². The van der Waals surface area contributed by atoms with E-state index in [1.54, 1.807) is 6.07 Å². The molecule has 2 aromatic carbocycles. The number of hydrogen-bond acceptors (Lipinski definition) is 6. The van der Waals surface area contributed by atoms with E-state index in [9.17, 15) is 19.5 Å². The Labute approximate surface area is 159 Å². The van der Waals surface area contributed by atoms with E-state index >= 15 is 0 Å². The summed E-state index contributed by atoms with van der Waals surface area (Å²) in [4.78, 5) is 33.7. The Balaban J connectivity index is 1.83. The molecule has 0 saturated carbocycles. The zero-order chi connectivity index (χ0) is 19.6. The summed E-state index contributed by atoms with van der Waals surface area (Å²) < 4.78 is 4.93. The summed E-state index contributed by atoms with van der Waals surface area (Å²) in [5, 5.41) is 16.7. The van der Waals surface area contributed by atoms with Crippen molar-refractivity contribution in [3.05, 3.63) is 64.7 Å². The molecule has 2 aromatic rings. The van der Waals surface area contributed by atoms with E-state index in [2.05, 4.69) is 15.8 Å². The first-order chi connectivity index (χ1) is 13.0. The largest absolute Gasteiger partial charge is 0.546 e. The van der Waals surface area contributed by atoms with Gasteiger partial charge in [0.05, 0.1) is 17.2 Å². The van der Waals surface area contributed by atoms with Gasteiger partial charge in [0.15, 0.2) is 0 Å². The molecule has 2 amide bonds. The van der Waals surface area contributed by atoms with Gasteiger partial charge < -0.3 is 20.0 Å². The van der Waals surface area contributed by atoms with Gasteiger partial charge in [0.25, 0.3) is 0 Å². The second-order valence-electron chi connectivity index (χ2n) is 5.22. The topological polar surface area (TPSA) is 120 Å². The van der Waals surface area contributed by atoms with Crippen LogP contribution in [-0.2, 0) is 20.9 Å². The first-order valence-electron chi connectivity index (χ1n) is 7.73. The maximum Gasteiger partial charge on any atom is 0.329 e. The lowest BCUT2D eigenvalue weighted by Gasteiger charge is -2.08. The van der Waals surface area contributed by atoms with Crippen LogP contribution in [0.3, 0.4) is 0 Å². The number of nitrogens with one attached hydrogen (secondary N) is 2. The molecule has 0 bridgehead atoms. The number of hydrazone groups is 1. The van der Waals surface area contributed by atoms with E-state index in [-0.39, 0.29) is 17.3 Å². The number of carboxylic acid groups (broad SMARTS) is 1. The summed E-state index contributed by atoms with van der Waals surface area (Å²) in [5.41, 5.74) is 3.46. The Bertz CT molecular complexity index is 855. The van der Waals surface area contributed by atoms with Crippen LogP contribution in [0.4, 0.5) is 0 Å². The van der Waals surface area contributed by atoms with Crippen molar-refractivity contribution in [3.8, 4) is 5.75 Å². The molecule has 0 saturated heterocycles. The van der Waals surface area contributed by atoms with Gasteiger partial charge >= 0.3 is 11.8 Å². The molecule has 0 fully saturated rings. The Hall–Kier alpha value is -3.39. The van der Waals surface area contributed by atoms with Crippen molar-refractivity contribution in [2.24, 2.45) is 5.10 Å². The lowest BCUT2D eigenvalue weighted by molar-refractivity contribution is -0.307. The molecule has 2 rings (SSSR count). The van der Waals surface area contributed by atoms with Gasteiger partial charge in [-0.15, -0.1) is 0 Å². The van der Waals surface area contributed by atoms with E-state index in [0.29, 0.717) is 5.56 Å². The zero-order valence-electron chi connectivity index (χ0n) is 14.0. The minimum atomic E-state index is -1.37. The maximum atomic E-state index is 11.7. The van der Waals surface area contributed by atoms with Crippen LogP contribution in [0, 0.1) is 0 Å². The third kappa shape index (κ3) is 6.79. The van der Waals surface area contributed by atoms with Crippen molar-refractivity contribution in [1.29, 1.82) is 0 Å². The molecule has 0 unspecified atom stereocenters. The lowest BCUT2D eigenvalue weighted by atomic mass is 10.2. The van der Waals surface area contributed by atoms with Gasteiger partial charge in [-0.05, 0) is 29.3 Å². The minimum absolute atomic E-state index is 0.159. The van der Waals surface area contributed by atoms with Crippen molar-refractivity contribution < 1.29 is 24.2 Å². The molecular weight excluding hydrogens is 374 g/mol. The average Bonchev–Trinajstić information content (AvgIpc) is 2.66. The number of aliphatic carboxylic acids is 1. The van der Waals surface area contributed by atoms with Crippen LogP contribution in [0.15, 0.2) is 53.6 Å². The number of benzene rings is 2. The van der Waals surface area contributed by atoms with Gasteiger partial charge in [-0.1, -0.05) is 41.9 Å². The number of nitrogens with zero attached hydrogens (tertiary/aromatic N) is 1. The first-order valence-corrected chi connectivity index (χ1v) is 8.11. The van der Waals surface area contributed by atoms with Crippen LogP contribution in [-0.4, -0.2) is 30.6 Å². The molecule has 8 nitrogen and oxygen atoms in total. The fraction of sp³-hybridized carbons (Fsp3) is 0.111. The molecule has 2 N–H and O–H groups in total. The second-order valence-corrected chi connectivity index (χ2v) is 5.63. The van der Waals surface area contributed by atoms with Crippen LogP contribution < -0.4 is 20.6 Å². The molecule has 9 heteroatoms. The molecule has 0 heterocycles. The maximum absolute atomic E-state index is 11.7. The smallest absolute Gasteiger partial charge is 0.329 e. The standard InChI is InChI=1S/C18H16ClN3O5/c19-14-8-13(6-7-15(14)27-11-16(23)24)10-21-22-18(26)17(25)20-9-12-4-2-1-3-5-12/h1-8,10H,9,11H2,(H,20,25)(H,22,26)(H,23,24)/p-1/b21-10-.